The molecule has 19 heavy (non-hydrogen) atoms. The van der Waals surface area contributed by atoms with Gasteiger partial charge in [-0.2, -0.15) is 0 Å². The van der Waals surface area contributed by atoms with Crippen LogP contribution in [0.25, 0.3) is 0 Å². The molecule has 2 fully saturated rings. The number of nitrogens with zero attached hydrogens (tertiary/aromatic N) is 2. The molecule has 0 spiro atoms. The van der Waals surface area contributed by atoms with Crippen LogP contribution in [0.1, 0.15) is 38.5 Å². The molecule has 2 N–H and O–H groups in total. The number of carboxylic acid groups (broad SMARTS) is 2. The van der Waals surface area contributed by atoms with Crippen molar-refractivity contribution in [2.75, 3.05) is 26.2 Å². The first-order valence-electron chi connectivity index (χ1n) is 7.07. The summed E-state index contributed by atoms with van der Waals surface area (Å²) in [7, 11) is 0. The zero-order chi connectivity index (χ0) is 13.9. The van der Waals surface area contributed by atoms with Crippen molar-refractivity contribution in [3.8, 4) is 0 Å². The van der Waals surface area contributed by atoms with E-state index in [2.05, 4.69) is 0 Å². The van der Waals surface area contributed by atoms with Gasteiger partial charge in [-0.3, -0.25) is 9.80 Å². The summed E-state index contributed by atoms with van der Waals surface area (Å²) in [5.74, 6) is -2.49. The van der Waals surface area contributed by atoms with Gasteiger partial charge in [-0.05, 0) is 25.7 Å². The molecule has 0 aromatic rings. The van der Waals surface area contributed by atoms with Crippen molar-refractivity contribution in [2.24, 2.45) is 0 Å². The van der Waals surface area contributed by atoms with Gasteiger partial charge in [0.1, 0.15) is 0 Å². The normalized spacial score (nSPS) is 23.2. The average Bonchev–Trinajstić information content (AvgIpc) is 2.41. The van der Waals surface area contributed by atoms with Crippen molar-refractivity contribution in [1.82, 2.24) is 9.80 Å². The highest BCUT2D eigenvalue weighted by Gasteiger charge is 2.56. The Morgan fingerprint density at radius 1 is 0.684 bits per heavy atom. The van der Waals surface area contributed by atoms with E-state index < -0.39 is 17.6 Å². The zero-order valence-electron chi connectivity index (χ0n) is 11.2. The van der Waals surface area contributed by atoms with Gasteiger partial charge >= 0.3 is 11.9 Å². The van der Waals surface area contributed by atoms with Crippen LogP contribution in [0.15, 0.2) is 0 Å². The van der Waals surface area contributed by atoms with E-state index in [1.165, 1.54) is 0 Å². The molecule has 6 heteroatoms. The van der Waals surface area contributed by atoms with Crippen molar-refractivity contribution >= 4 is 11.9 Å². The molecule has 0 aromatic carbocycles. The van der Waals surface area contributed by atoms with Crippen molar-refractivity contribution in [3.05, 3.63) is 0 Å². The highest BCUT2D eigenvalue weighted by molar-refractivity contribution is 6.02. The summed E-state index contributed by atoms with van der Waals surface area (Å²) >= 11 is 0. The number of carboxylic acids is 2. The Balaban J connectivity index is 2.33. The van der Waals surface area contributed by atoms with E-state index >= 15 is 0 Å². The molecule has 2 saturated heterocycles. The first kappa shape index (κ1) is 14.3. The minimum absolute atomic E-state index is 0.551. The minimum Gasteiger partial charge on any atom is -0.478 e. The number of rotatable bonds is 4. The molecule has 0 aromatic heterocycles. The third-order valence-corrected chi connectivity index (χ3v) is 4.22. The average molecular weight is 270 g/mol. The first-order valence-corrected chi connectivity index (χ1v) is 7.07. The molecule has 0 atom stereocenters. The van der Waals surface area contributed by atoms with Gasteiger partial charge in [-0.1, -0.05) is 12.8 Å². The van der Waals surface area contributed by atoms with Gasteiger partial charge in [0, 0.05) is 26.2 Å². The molecular formula is C13H22N2O4. The van der Waals surface area contributed by atoms with Crippen LogP contribution in [0.4, 0.5) is 0 Å². The Labute approximate surface area is 113 Å². The van der Waals surface area contributed by atoms with Gasteiger partial charge in [-0.25, -0.2) is 9.59 Å². The van der Waals surface area contributed by atoms with Crippen molar-refractivity contribution in [2.45, 2.75) is 44.2 Å². The lowest BCUT2D eigenvalue weighted by Crippen LogP contribution is -2.71. The van der Waals surface area contributed by atoms with Gasteiger partial charge in [0.2, 0.25) is 0 Å². The predicted molar refractivity (Wildman–Crippen MR) is 68.9 cm³/mol. The van der Waals surface area contributed by atoms with Crippen LogP contribution in [0.3, 0.4) is 0 Å². The molecule has 0 bridgehead atoms. The lowest BCUT2D eigenvalue weighted by atomic mass is 9.98. The van der Waals surface area contributed by atoms with Crippen molar-refractivity contribution in [3.63, 3.8) is 0 Å². The maximum Gasteiger partial charge on any atom is 0.351 e. The molecule has 0 aliphatic carbocycles. The number of hydrogen-bond donors (Lipinski definition) is 2. The third kappa shape index (κ3) is 2.47. The van der Waals surface area contributed by atoms with Crippen LogP contribution in [-0.4, -0.2) is 63.8 Å². The molecule has 108 valence electrons. The van der Waals surface area contributed by atoms with Gasteiger partial charge in [-0.15, -0.1) is 0 Å². The van der Waals surface area contributed by atoms with Crippen LogP contribution in [0.2, 0.25) is 0 Å². The molecule has 0 saturated carbocycles. The summed E-state index contributed by atoms with van der Waals surface area (Å²) in [5.41, 5.74) is -1.86. The Kier molecular flexibility index (Phi) is 4.42. The smallest absolute Gasteiger partial charge is 0.351 e. The highest BCUT2D eigenvalue weighted by atomic mass is 16.4. The van der Waals surface area contributed by atoms with Crippen LogP contribution in [0, 0.1) is 0 Å². The van der Waals surface area contributed by atoms with Crippen LogP contribution >= 0.6 is 0 Å². The Morgan fingerprint density at radius 2 is 1.00 bits per heavy atom. The monoisotopic (exact) mass is 270 g/mol. The molecule has 6 nitrogen and oxygen atoms in total. The maximum absolute atomic E-state index is 11.8. The highest BCUT2D eigenvalue weighted by Crippen LogP contribution is 2.29. The molecule has 0 radical (unpaired) electrons. The molecule has 2 aliphatic rings. The topological polar surface area (TPSA) is 81.1 Å². The van der Waals surface area contributed by atoms with Crippen molar-refractivity contribution < 1.29 is 19.8 Å². The second kappa shape index (κ2) is 5.88. The Morgan fingerprint density at radius 3 is 1.26 bits per heavy atom. The fraction of sp³-hybridized carbons (Fsp3) is 0.846. The minimum atomic E-state index is -1.86. The number of likely N-dealkylation sites (tertiary alicyclic amines) is 2. The van der Waals surface area contributed by atoms with E-state index in [0.717, 1.165) is 38.5 Å². The Hall–Kier alpha value is -1.14. The molecule has 2 heterocycles. The van der Waals surface area contributed by atoms with E-state index in [9.17, 15) is 19.8 Å². The van der Waals surface area contributed by atoms with E-state index in [1.54, 1.807) is 9.80 Å². The number of hydrogen-bond acceptors (Lipinski definition) is 4. The first-order chi connectivity index (χ1) is 9.10. The molecule has 0 amide bonds. The standard InChI is InChI=1S/C13H22N2O4/c16-11(17)13(12(18)19,14-7-3-1-4-8-14)15-9-5-2-6-10-15/h1-10H2,(H,16,17)(H,18,19). The van der Waals surface area contributed by atoms with E-state index in [0.29, 0.717) is 26.2 Å². The van der Waals surface area contributed by atoms with Gasteiger partial charge in [0.15, 0.2) is 0 Å². The fourth-order valence-electron chi connectivity index (χ4n) is 3.27. The third-order valence-electron chi connectivity index (χ3n) is 4.22. The summed E-state index contributed by atoms with van der Waals surface area (Å²) in [6.07, 6.45) is 5.58. The summed E-state index contributed by atoms with van der Waals surface area (Å²) in [6.45, 7) is 2.20. The second-order valence-corrected chi connectivity index (χ2v) is 5.38. The van der Waals surface area contributed by atoms with Gasteiger partial charge in [0.05, 0.1) is 0 Å². The van der Waals surface area contributed by atoms with E-state index in [1.807, 2.05) is 0 Å². The second-order valence-electron chi connectivity index (χ2n) is 5.38. The van der Waals surface area contributed by atoms with Crippen LogP contribution in [-0.2, 0) is 9.59 Å². The molecule has 0 unspecified atom stereocenters. The van der Waals surface area contributed by atoms with Gasteiger partial charge in [0.25, 0.3) is 5.66 Å². The summed E-state index contributed by atoms with van der Waals surface area (Å²) in [4.78, 5) is 26.9. The molecule has 2 aliphatic heterocycles. The zero-order valence-corrected chi connectivity index (χ0v) is 11.2. The lowest BCUT2D eigenvalue weighted by molar-refractivity contribution is -0.189. The number of carbonyl (C=O) groups is 2. The Bertz CT molecular complexity index is 313. The quantitative estimate of drug-likeness (QED) is 0.736. The van der Waals surface area contributed by atoms with Gasteiger partial charge < -0.3 is 10.2 Å². The number of piperidine rings is 2. The molecular weight excluding hydrogens is 248 g/mol. The SMILES string of the molecule is O=C(O)C(C(=O)O)(N1CCCCC1)N1CCCCC1. The lowest BCUT2D eigenvalue weighted by Gasteiger charge is -2.47. The number of aliphatic carboxylic acids is 2. The predicted octanol–water partition coefficient (Wildman–Crippen LogP) is 0.824. The van der Waals surface area contributed by atoms with Crippen LogP contribution < -0.4 is 0 Å². The van der Waals surface area contributed by atoms with E-state index in [4.69, 9.17) is 0 Å². The maximum atomic E-state index is 11.8. The summed E-state index contributed by atoms with van der Waals surface area (Å²) in [6, 6.07) is 0. The molecule has 2 rings (SSSR count). The van der Waals surface area contributed by atoms with E-state index in [-0.39, 0.29) is 0 Å². The summed E-state index contributed by atoms with van der Waals surface area (Å²) in [5, 5.41) is 19.3. The summed E-state index contributed by atoms with van der Waals surface area (Å²) < 4.78 is 0. The van der Waals surface area contributed by atoms with Crippen molar-refractivity contribution in [1.29, 1.82) is 0 Å². The largest absolute Gasteiger partial charge is 0.478 e. The van der Waals surface area contributed by atoms with Crippen LogP contribution in [0.5, 0.6) is 0 Å². The fourth-order valence-corrected chi connectivity index (χ4v) is 3.27.